The molecule has 4 nitrogen and oxygen atoms in total. The maximum Gasteiger partial charge on any atom is 0.233 e. The van der Waals surface area contributed by atoms with Gasteiger partial charge in [-0.2, -0.15) is 0 Å². The van der Waals surface area contributed by atoms with Crippen molar-refractivity contribution in [2.75, 3.05) is 10.6 Å². The Hall–Kier alpha value is -1.55. The van der Waals surface area contributed by atoms with E-state index in [0.29, 0.717) is 29.2 Å². The summed E-state index contributed by atoms with van der Waals surface area (Å²) in [6.07, 6.45) is 2.22. The summed E-state index contributed by atoms with van der Waals surface area (Å²) in [4.78, 5) is 25.0. The predicted octanol–water partition coefficient (Wildman–Crippen LogP) is 2.36. The number of hydrogen-bond donors (Lipinski definition) is 1. The SMILES string of the molecule is Nc1ccc(Cl)cc1N1C(=O)CCCCC1=O. The van der Waals surface area contributed by atoms with E-state index in [1.54, 1.807) is 18.2 Å². The number of carbonyl (C=O) groups excluding carboxylic acids is 2. The molecule has 1 aromatic rings. The van der Waals surface area contributed by atoms with E-state index in [2.05, 4.69) is 0 Å². The fraction of sp³-hybridized carbons (Fsp3) is 0.333. The van der Waals surface area contributed by atoms with Gasteiger partial charge in [0.15, 0.2) is 0 Å². The third-order valence-electron chi connectivity index (χ3n) is 2.76. The number of nitrogen functional groups attached to an aromatic ring is 1. The minimum atomic E-state index is -0.207. The molecule has 0 spiro atoms. The average molecular weight is 253 g/mol. The van der Waals surface area contributed by atoms with Gasteiger partial charge in [-0.05, 0) is 31.0 Å². The summed E-state index contributed by atoms with van der Waals surface area (Å²) in [5, 5.41) is 0.457. The molecule has 17 heavy (non-hydrogen) atoms. The Kier molecular flexibility index (Phi) is 3.33. The number of anilines is 2. The third kappa shape index (κ3) is 2.42. The van der Waals surface area contributed by atoms with E-state index < -0.39 is 0 Å². The highest BCUT2D eigenvalue weighted by Crippen LogP contribution is 2.29. The van der Waals surface area contributed by atoms with Crippen LogP contribution in [0.25, 0.3) is 0 Å². The lowest BCUT2D eigenvalue weighted by atomic mass is 10.2. The minimum Gasteiger partial charge on any atom is -0.397 e. The van der Waals surface area contributed by atoms with Gasteiger partial charge in [0.25, 0.3) is 0 Å². The van der Waals surface area contributed by atoms with Crippen molar-refractivity contribution in [3.05, 3.63) is 23.2 Å². The molecule has 0 radical (unpaired) electrons. The molecule has 1 aliphatic heterocycles. The predicted molar refractivity (Wildman–Crippen MR) is 66.8 cm³/mol. The van der Waals surface area contributed by atoms with E-state index >= 15 is 0 Å². The van der Waals surface area contributed by atoms with Crippen LogP contribution in [0.15, 0.2) is 18.2 Å². The molecular formula is C12H13ClN2O2. The smallest absolute Gasteiger partial charge is 0.233 e. The van der Waals surface area contributed by atoms with Gasteiger partial charge in [-0.15, -0.1) is 0 Å². The molecular weight excluding hydrogens is 240 g/mol. The normalized spacial score (nSPS) is 17.1. The van der Waals surface area contributed by atoms with E-state index in [1.165, 1.54) is 0 Å². The Morgan fingerprint density at radius 1 is 1.12 bits per heavy atom. The molecule has 0 saturated carbocycles. The van der Waals surface area contributed by atoms with E-state index in [-0.39, 0.29) is 11.8 Å². The molecule has 1 saturated heterocycles. The second-order valence-electron chi connectivity index (χ2n) is 4.03. The summed E-state index contributed by atoms with van der Waals surface area (Å²) in [6, 6.07) is 4.79. The number of halogens is 1. The molecule has 0 aromatic heterocycles. The van der Waals surface area contributed by atoms with Gasteiger partial charge in [-0.3, -0.25) is 9.59 Å². The Bertz CT molecular complexity index is 456. The lowest BCUT2D eigenvalue weighted by Crippen LogP contribution is -2.35. The van der Waals surface area contributed by atoms with Gasteiger partial charge in [-0.1, -0.05) is 11.6 Å². The van der Waals surface area contributed by atoms with Gasteiger partial charge >= 0.3 is 0 Å². The minimum absolute atomic E-state index is 0.207. The molecule has 2 rings (SSSR count). The Morgan fingerprint density at radius 2 is 1.71 bits per heavy atom. The van der Waals surface area contributed by atoms with Crippen LogP contribution in [0.2, 0.25) is 5.02 Å². The Labute approximate surface area is 104 Å². The lowest BCUT2D eigenvalue weighted by Gasteiger charge is -2.20. The molecule has 1 aliphatic rings. The van der Waals surface area contributed by atoms with Crippen LogP contribution in [0.5, 0.6) is 0 Å². The number of benzene rings is 1. The maximum atomic E-state index is 11.9. The summed E-state index contributed by atoms with van der Waals surface area (Å²) in [7, 11) is 0. The lowest BCUT2D eigenvalue weighted by molar-refractivity contribution is -0.125. The zero-order valence-corrected chi connectivity index (χ0v) is 10.0. The van der Waals surface area contributed by atoms with Crippen molar-refractivity contribution < 1.29 is 9.59 Å². The van der Waals surface area contributed by atoms with Crippen LogP contribution in [0, 0.1) is 0 Å². The molecule has 0 atom stereocenters. The van der Waals surface area contributed by atoms with Crippen LogP contribution in [0.3, 0.4) is 0 Å². The standard InChI is InChI=1S/C12H13ClN2O2/c13-8-5-6-9(14)10(7-8)15-11(16)3-1-2-4-12(15)17/h5-7H,1-4,14H2. The fourth-order valence-corrected chi connectivity index (χ4v) is 2.06. The van der Waals surface area contributed by atoms with Crippen molar-refractivity contribution in [3.8, 4) is 0 Å². The molecule has 2 amide bonds. The monoisotopic (exact) mass is 252 g/mol. The quantitative estimate of drug-likeness (QED) is 0.616. The van der Waals surface area contributed by atoms with Crippen molar-refractivity contribution in [1.29, 1.82) is 0 Å². The van der Waals surface area contributed by atoms with Crippen molar-refractivity contribution in [2.24, 2.45) is 0 Å². The van der Waals surface area contributed by atoms with Crippen LogP contribution in [-0.2, 0) is 9.59 Å². The summed E-state index contributed by atoms with van der Waals surface area (Å²) in [5.41, 5.74) is 6.58. The van der Waals surface area contributed by atoms with Crippen molar-refractivity contribution in [1.82, 2.24) is 0 Å². The van der Waals surface area contributed by atoms with E-state index in [9.17, 15) is 9.59 Å². The van der Waals surface area contributed by atoms with Gasteiger partial charge in [0.1, 0.15) is 0 Å². The first-order valence-electron chi connectivity index (χ1n) is 5.50. The topological polar surface area (TPSA) is 63.4 Å². The van der Waals surface area contributed by atoms with E-state index in [4.69, 9.17) is 17.3 Å². The highest BCUT2D eigenvalue weighted by atomic mass is 35.5. The number of carbonyl (C=O) groups is 2. The van der Waals surface area contributed by atoms with Crippen LogP contribution >= 0.6 is 11.6 Å². The summed E-state index contributed by atoms with van der Waals surface area (Å²) in [5.74, 6) is -0.414. The second kappa shape index (κ2) is 4.75. The van der Waals surface area contributed by atoms with Gasteiger partial charge in [0, 0.05) is 17.9 Å². The number of rotatable bonds is 1. The Morgan fingerprint density at radius 3 is 2.29 bits per heavy atom. The number of amides is 2. The fourth-order valence-electron chi connectivity index (χ4n) is 1.89. The number of nitrogens with two attached hydrogens (primary N) is 1. The van der Waals surface area contributed by atoms with Crippen molar-refractivity contribution >= 4 is 34.8 Å². The van der Waals surface area contributed by atoms with E-state index in [1.807, 2.05) is 0 Å². The van der Waals surface area contributed by atoms with Crippen molar-refractivity contribution in [3.63, 3.8) is 0 Å². The molecule has 0 bridgehead atoms. The van der Waals surface area contributed by atoms with Crippen LogP contribution < -0.4 is 10.6 Å². The van der Waals surface area contributed by atoms with Gasteiger partial charge < -0.3 is 5.73 Å². The summed E-state index contributed by atoms with van der Waals surface area (Å²) >= 11 is 5.87. The molecule has 0 unspecified atom stereocenters. The first-order chi connectivity index (χ1) is 8.09. The zero-order chi connectivity index (χ0) is 12.4. The largest absolute Gasteiger partial charge is 0.397 e. The van der Waals surface area contributed by atoms with Gasteiger partial charge in [0.05, 0.1) is 11.4 Å². The second-order valence-corrected chi connectivity index (χ2v) is 4.47. The molecule has 1 aromatic carbocycles. The van der Waals surface area contributed by atoms with Crippen LogP contribution in [0.4, 0.5) is 11.4 Å². The number of imide groups is 1. The molecule has 90 valence electrons. The Balaban J connectivity index is 2.45. The van der Waals surface area contributed by atoms with Crippen LogP contribution in [0.1, 0.15) is 25.7 Å². The summed E-state index contributed by atoms with van der Waals surface area (Å²) in [6.45, 7) is 0. The van der Waals surface area contributed by atoms with Gasteiger partial charge in [0.2, 0.25) is 11.8 Å². The first-order valence-corrected chi connectivity index (χ1v) is 5.88. The molecule has 2 N–H and O–H groups in total. The van der Waals surface area contributed by atoms with E-state index in [0.717, 1.165) is 17.7 Å². The number of hydrogen-bond acceptors (Lipinski definition) is 3. The summed E-state index contributed by atoms with van der Waals surface area (Å²) < 4.78 is 0. The number of nitrogens with zero attached hydrogens (tertiary/aromatic N) is 1. The average Bonchev–Trinajstić information content (AvgIpc) is 2.44. The highest BCUT2D eigenvalue weighted by Gasteiger charge is 2.27. The molecule has 5 heteroatoms. The molecule has 1 fully saturated rings. The van der Waals surface area contributed by atoms with Crippen molar-refractivity contribution in [2.45, 2.75) is 25.7 Å². The highest BCUT2D eigenvalue weighted by molar-refractivity contribution is 6.31. The first kappa shape index (κ1) is 11.9. The molecule has 0 aliphatic carbocycles. The van der Waals surface area contributed by atoms with Gasteiger partial charge in [-0.25, -0.2) is 4.90 Å². The maximum absolute atomic E-state index is 11.9. The molecule has 1 heterocycles. The third-order valence-corrected chi connectivity index (χ3v) is 3.00. The zero-order valence-electron chi connectivity index (χ0n) is 9.28. The van der Waals surface area contributed by atoms with Crippen LogP contribution in [-0.4, -0.2) is 11.8 Å².